The third-order valence-electron chi connectivity index (χ3n) is 5.23. The highest BCUT2D eigenvalue weighted by atomic mass is 35.5. The Hall–Kier alpha value is -3.17. The van der Waals surface area contributed by atoms with E-state index in [4.69, 9.17) is 16.3 Å². The van der Waals surface area contributed by atoms with E-state index in [9.17, 15) is 14.7 Å². The van der Waals surface area contributed by atoms with E-state index >= 15 is 0 Å². The third-order valence-corrected chi connectivity index (χ3v) is 6.01. The van der Waals surface area contributed by atoms with E-state index in [1.165, 1.54) is 16.4 Å². The molecule has 170 valence electrons. The second kappa shape index (κ2) is 9.36. The average Bonchev–Trinajstić information content (AvgIpc) is 2.83. The van der Waals surface area contributed by atoms with E-state index in [1.54, 1.807) is 67.5 Å². The molecule has 0 N–H and O–H groups in total. The highest BCUT2D eigenvalue weighted by molar-refractivity contribution is 7.98. The SMILES string of the molecule is CCC(=O)Oc1ccc(Cl)cc1C1N(C(=O)CC)c2ccccc2-c2c([O-])nc(SC)n[n+]21. The lowest BCUT2D eigenvalue weighted by molar-refractivity contribution is -0.764. The molecular weight excluding hydrogens is 464 g/mol. The number of esters is 1. The lowest BCUT2D eigenvalue weighted by atomic mass is 10.0. The molecule has 1 aliphatic rings. The molecule has 0 spiro atoms. The van der Waals surface area contributed by atoms with Crippen molar-refractivity contribution in [1.29, 1.82) is 0 Å². The van der Waals surface area contributed by atoms with Crippen LogP contribution in [0.25, 0.3) is 11.3 Å². The number of ether oxygens (including phenoxy) is 1. The number of hydrogen-bond acceptors (Lipinski definition) is 7. The molecule has 33 heavy (non-hydrogen) atoms. The normalized spacial score (nSPS) is 14.4. The summed E-state index contributed by atoms with van der Waals surface area (Å²) >= 11 is 7.55. The Bertz CT molecular complexity index is 1250. The number of para-hydroxylation sites is 1. The Morgan fingerprint density at radius 3 is 2.67 bits per heavy atom. The summed E-state index contributed by atoms with van der Waals surface area (Å²) in [4.78, 5) is 31.1. The second-order valence-electron chi connectivity index (χ2n) is 7.21. The number of halogens is 1. The Morgan fingerprint density at radius 1 is 1.21 bits per heavy atom. The van der Waals surface area contributed by atoms with Gasteiger partial charge in [0.15, 0.2) is 0 Å². The summed E-state index contributed by atoms with van der Waals surface area (Å²) in [6, 6.07) is 11.9. The van der Waals surface area contributed by atoms with E-state index in [1.807, 2.05) is 0 Å². The van der Waals surface area contributed by atoms with Gasteiger partial charge in [0.2, 0.25) is 5.91 Å². The molecule has 3 aromatic rings. The second-order valence-corrected chi connectivity index (χ2v) is 8.42. The van der Waals surface area contributed by atoms with Crippen LogP contribution in [0, 0.1) is 0 Å². The van der Waals surface area contributed by atoms with Crippen molar-refractivity contribution in [3.05, 3.63) is 53.1 Å². The van der Waals surface area contributed by atoms with Gasteiger partial charge in [-0.2, -0.15) is 0 Å². The molecule has 0 aliphatic carbocycles. The summed E-state index contributed by atoms with van der Waals surface area (Å²) < 4.78 is 7.06. The van der Waals surface area contributed by atoms with E-state index in [2.05, 4.69) is 10.1 Å². The number of anilines is 1. The number of nitrogens with zero attached hydrogens (tertiary/aromatic N) is 4. The molecule has 1 unspecified atom stereocenters. The number of fused-ring (bicyclic) bond motifs is 3. The van der Waals surface area contributed by atoms with Crippen LogP contribution in [0.2, 0.25) is 5.02 Å². The van der Waals surface area contributed by atoms with Crippen LogP contribution in [-0.4, -0.2) is 28.2 Å². The lowest BCUT2D eigenvalue weighted by Gasteiger charge is -2.33. The van der Waals surface area contributed by atoms with Gasteiger partial charge in [0.1, 0.15) is 5.75 Å². The van der Waals surface area contributed by atoms with Gasteiger partial charge in [0, 0.05) is 23.0 Å². The first-order chi connectivity index (χ1) is 15.9. The van der Waals surface area contributed by atoms with Crippen LogP contribution in [0.15, 0.2) is 47.6 Å². The predicted molar refractivity (Wildman–Crippen MR) is 122 cm³/mol. The van der Waals surface area contributed by atoms with E-state index < -0.39 is 18.0 Å². The highest BCUT2D eigenvalue weighted by Crippen LogP contribution is 2.43. The van der Waals surface area contributed by atoms with Crippen LogP contribution in [0.3, 0.4) is 0 Å². The lowest BCUT2D eigenvalue weighted by Crippen LogP contribution is -2.59. The largest absolute Gasteiger partial charge is 0.854 e. The number of rotatable bonds is 5. The van der Waals surface area contributed by atoms with Crippen molar-refractivity contribution in [2.24, 2.45) is 0 Å². The fourth-order valence-corrected chi connectivity index (χ4v) is 4.27. The van der Waals surface area contributed by atoms with Gasteiger partial charge in [0.05, 0.1) is 22.7 Å². The van der Waals surface area contributed by atoms with Crippen molar-refractivity contribution in [1.82, 2.24) is 10.1 Å². The van der Waals surface area contributed by atoms with Gasteiger partial charge >= 0.3 is 5.97 Å². The van der Waals surface area contributed by atoms with Crippen molar-refractivity contribution in [3.8, 4) is 22.9 Å². The maximum absolute atomic E-state index is 13.3. The van der Waals surface area contributed by atoms with Crippen LogP contribution in [0.4, 0.5) is 5.69 Å². The number of thioether (sulfide) groups is 1. The van der Waals surface area contributed by atoms with Gasteiger partial charge in [0.25, 0.3) is 17.0 Å². The maximum atomic E-state index is 13.3. The van der Waals surface area contributed by atoms with Crippen molar-refractivity contribution < 1.29 is 24.1 Å². The molecule has 0 saturated heterocycles. The van der Waals surface area contributed by atoms with Crippen LogP contribution in [0.1, 0.15) is 38.4 Å². The quantitative estimate of drug-likeness (QED) is 0.236. The van der Waals surface area contributed by atoms with E-state index in [0.717, 1.165) is 0 Å². The minimum atomic E-state index is -0.915. The molecule has 1 amide bonds. The number of benzene rings is 2. The fourth-order valence-electron chi connectivity index (χ4n) is 3.75. The first kappa shape index (κ1) is 23.0. The molecule has 2 heterocycles. The molecule has 0 fully saturated rings. The summed E-state index contributed by atoms with van der Waals surface area (Å²) in [7, 11) is 0. The summed E-state index contributed by atoms with van der Waals surface area (Å²) in [5.41, 5.74) is 1.75. The first-order valence-corrected chi connectivity index (χ1v) is 12.0. The Morgan fingerprint density at radius 2 is 1.97 bits per heavy atom. The van der Waals surface area contributed by atoms with Gasteiger partial charge in [-0.1, -0.05) is 54.0 Å². The number of amides is 1. The summed E-state index contributed by atoms with van der Waals surface area (Å²) in [6.07, 6.45) is 1.22. The maximum Gasteiger partial charge on any atom is 0.310 e. The molecule has 10 heteroatoms. The zero-order chi connectivity index (χ0) is 23.7. The standard InChI is InChI=1S/C23H21ClN4O4S/c1-4-18(29)27-16-9-7-6-8-14(16)20-21(31)25-23(33-3)26-28(20)22(27)15-12-13(24)10-11-17(15)32-19(30)5-2/h6-12,22H,4-5H2,1-3H3. The molecule has 0 saturated carbocycles. The summed E-state index contributed by atoms with van der Waals surface area (Å²) in [5, 5.41) is 18.3. The third kappa shape index (κ3) is 4.14. The summed E-state index contributed by atoms with van der Waals surface area (Å²) in [5.74, 6) is -0.871. The molecule has 4 rings (SSSR count). The van der Waals surface area contributed by atoms with Gasteiger partial charge in [-0.3, -0.25) is 9.59 Å². The molecule has 0 bridgehead atoms. The minimum absolute atomic E-state index is 0.167. The Labute approximate surface area is 200 Å². The highest BCUT2D eigenvalue weighted by Gasteiger charge is 2.46. The van der Waals surface area contributed by atoms with Gasteiger partial charge in [-0.05, 0) is 36.6 Å². The monoisotopic (exact) mass is 484 g/mol. The smallest absolute Gasteiger partial charge is 0.310 e. The molecule has 2 aromatic carbocycles. The van der Waals surface area contributed by atoms with Crippen molar-refractivity contribution in [3.63, 3.8) is 0 Å². The van der Waals surface area contributed by atoms with Crippen LogP contribution >= 0.6 is 23.4 Å². The van der Waals surface area contributed by atoms with Crippen LogP contribution < -0.4 is 19.4 Å². The number of carbonyl (C=O) groups excluding carboxylic acids is 2. The van der Waals surface area contributed by atoms with Crippen molar-refractivity contribution in [2.75, 3.05) is 11.2 Å². The van der Waals surface area contributed by atoms with Crippen molar-refractivity contribution in [2.45, 2.75) is 38.0 Å². The van der Waals surface area contributed by atoms with Crippen LogP contribution in [0.5, 0.6) is 11.6 Å². The Kier molecular flexibility index (Phi) is 6.53. The first-order valence-electron chi connectivity index (χ1n) is 10.4. The van der Waals surface area contributed by atoms with Crippen molar-refractivity contribution >= 4 is 40.9 Å². The van der Waals surface area contributed by atoms with Gasteiger partial charge < -0.3 is 9.84 Å². The number of aromatic nitrogens is 3. The molecule has 1 atom stereocenters. The molecular formula is C23H21ClN4O4S. The fraction of sp³-hybridized carbons (Fsp3) is 0.261. The van der Waals surface area contributed by atoms with Crippen LogP contribution in [-0.2, 0) is 9.59 Å². The van der Waals surface area contributed by atoms with E-state index in [-0.39, 0.29) is 35.3 Å². The predicted octanol–water partition coefficient (Wildman–Crippen LogP) is 3.50. The number of carbonyl (C=O) groups is 2. The van der Waals surface area contributed by atoms with E-state index in [0.29, 0.717) is 21.8 Å². The zero-order valence-electron chi connectivity index (χ0n) is 18.2. The number of hydrogen-bond donors (Lipinski definition) is 0. The molecule has 1 aliphatic heterocycles. The molecule has 1 aromatic heterocycles. The topological polar surface area (TPSA) is 99.3 Å². The average molecular weight is 485 g/mol. The molecule has 8 nitrogen and oxygen atoms in total. The summed E-state index contributed by atoms with van der Waals surface area (Å²) in [6.45, 7) is 3.44. The van der Waals surface area contributed by atoms with Gasteiger partial charge in [-0.15, -0.1) is 0 Å². The molecule has 0 radical (unpaired) electrons. The Balaban J connectivity index is 2.07. The minimum Gasteiger partial charge on any atom is -0.854 e. The zero-order valence-corrected chi connectivity index (χ0v) is 19.8. The van der Waals surface area contributed by atoms with Gasteiger partial charge in [-0.25, -0.2) is 9.88 Å².